The number of nitrogens with one attached hydrogen (secondary N) is 4. The minimum absolute atomic E-state index is 0.141. The Morgan fingerprint density at radius 2 is 0.875 bits per heavy atom. The Bertz CT molecular complexity index is 919. The number of hydrogen-bond acceptors (Lipinski definition) is 4. The fraction of sp³-hybridized carbons (Fsp3) is 0.333. The van der Waals surface area contributed by atoms with Gasteiger partial charge in [0.2, 0.25) is 11.8 Å². The molecular formula is C24H30N4O2S2. The molecule has 0 aromatic heterocycles. The molecule has 2 rings (SSSR count). The molecule has 0 saturated carbocycles. The van der Waals surface area contributed by atoms with Gasteiger partial charge in [-0.25, -0.2) is 0 Å². The van der Waals surface area contributed by atoms with E-state index in [1.165, 1.54) is 0 Å². The minimum atomic E-state index is -0.515. The molecule has 0 radical (unpaired) electrons. The van der Waals surface area contributed by atoms with Gasteiger partial charge in [0.1, 0.15) is 0 Å². The normalized spacial score (nSPS) is 11.3. The van der Waals surface area contributed by atoms with E-state index in [1.807, 2.05) is 90.1 Å². The van der Waals surface area contributed by atoms with E-state index in [9.17, 15) is 9.59 Å². The Hall–Kier alpha value is -2.84. The maximum absolute atomic E-state index is 12.0. The van der Waals surface area contributed by atoms with Gasteiger partial charge in [-0.05, 0) is 59.8 Å². The van der Waals surface area contributed by atoms with Crippen molar-refractivity contribution in [3.63, 3.8) is 0 Å². The highest BCUT2D eigenvalue weighted by Gasteiger charge is 2.22. The molecule has 0 aliphatic carbocycles. The quantitative estimate of drug-likeness (QED) is 0.469. The van der Waals surface area contributed by atoms with Gasteiger partial charge in [-0.15, -0.1) is 0 Å². The van der Waals surface area contributed by atoms with Gasteiger partial charge < -0.3 is 21.3 Å². The number of rotatable bonds is 3. The van der Waals surface area contributed by atoms with Gasteiger partial charge in [0, 0.05) is 22.2 Å². The molecule has 0 bridgehead atoms. The summed E-state index contributed by atoms with van der Waals surface area (Å²) < 4.78 is 0. The van der Waals surface area contributed by atoms with Crippen LogP contribution in [0.25, 0.3) is 11.1 Å². The van der Waals surface area contributed by atoms with E-state index in [1.54, 1.807) is 0 Å². The fourth-order valence-corrected chi connectivity index (χ4v) is 2.82. The summed E-state index contributed by atoms with van der Waals surface area (Å²) in [6, 6.07) is 15.4. The average Bonchev–Trinajstić information content (AvgIpc) is 2.67. The minimum Gasteiger partial charge on any atom is -0.332 e. The lowest BCUT2D eigenvalue weighted by Crippen LogP contribution is -2.41. The van der Waals surface area contributed by atoms with Crippen molar-refractivity contribution >= 4 is 57.8 Å². The summed E-state index contributed by atoms with van der Waals surface area (Å²) in [5.74, 6) is -0.282. The third kappa shape index (κ3) is 7.69. The van der Waals surface area contributed by atoms with Crippen molar-refractivity contribution in [3.8, 4) is 11.1 Å². The Morgan fingerprint density at radius 1 is 0.594 bits per heavy atom. The van der Waals surface area contributed by atoms with Crippen molar-refractivity contribution in [2.24, 2.45) is 10.8 Å². The molecule has 0 spiro atoms. The predicted octanol–water partition coefficient (Wildman–Crippen LogP) is 5.07. The van der Waals surface area contributed by atoms with Crippen LogP contribution in [-0.4, -0.2) is 22.0 Å². The molecule has 8 heteroatoms. The SMILES string of the molecule is CC(C)(C)C(=O)NC(=S)Nc1ccc(-c2ccc(NC(=S)NC(=O)C(C)(C)C)cc2)cc1. The molecule has 2 aromatic carbocycles. The van der Waals surface area contributed by atoms with Crippen LogP contribution in [0.3, 0.4) is 0 Å². The predicted molar refractivity (Wildman–Crippen MR) is 140 cm³/mol. The molecule has 0 saturated heterocycles. The molecule has 0 aliphatic heterocycles. The smallest absolute Gasteiger partial charge is 0.231 e. The number of anilines is 2. The summed E-state index contributed by atoms with van der Waals surface area (Å²) >= 11 is 10.4. The molecule has 0 unspecified atom stereocenters. The maximum atomic E-state index is 12.0. The van der Waals surface area contributed by atoms with Gasteiger partial charge in [-0.2, -0.15) is 0 Å². The van der Waals surface area contributed by atoms with Crippen LogP contribution in [0.4, 0.5) is 11.4 Å². The van der Waals surface area contributed by atoms with Crippen molar-refractivity contribution in [2.75, 3.05) is 10.6 Å². The Morgan fingerprint density at radius 3 is 1.12 bits per heavy atom. The van der Waals surface area contributed by atoms with E-state index in [4.69, 9.17) is 24.4 Å². The van der Waals surface area contributed by atoms with Gasteiger partial charge >= 0.3 is 0 Å². The third-order valence-corrected chi connectivity index (χ3v) is 4.84. The molecule has 0 fully saturated rings. The van der Waals surface area contributed by atoms with Gasteiger partial charge in [-0.3, -0.25) is 9.59 Å². The first-order valence-electron chi connectivity index (χ1n) is 10.2. The summed E-state index contributed by atoms with van der Waals surface area (Å²) in [5, 5.41) is 12.0. The number of hydrogen-bond donors (Lipinski definition) is 4. The van der Waals surface area contributed by atoms with Crippen LogP contribution in [-0.2, 0) is 9.59 Å². The standard InChI is InChI=1S/C24H30N4O2S2/c1-23(2,3)19(29)27-21(31)25-17-11-7-15(8-12-17)16-9-13-18(14-10-16)26-22(32)28-20(30)24(4,5)6/h7-14H,1-6H3,(H2,25,27,29,31)(H2,26,28,30,32). The summed E-state index contributed by atoms with van der Waals surface area (Å²) in [6.45, 7) is 11.0. The highest BCUT2D eigenvalue weighted by atomic mass is 32.1. The molecule has 0 aliphatic rings. The molecule has 6 nitrogen and oxygen atoms in total. The van der Waals surface area contributed by atoms with Gasteiger partial charge in [0.05, 0.1) is 0 Å². The number of benzene rings is 2. The number of carbonyl (C=O) groups excluding carboxylic acids is 2. The van der Waals surface area contributed by atoms with Crippen LogP contribution in [0.5, 0.6) is 0 Å². The van der Waals surface area contributed by atoms with E-state index < -0.39 is 10.8 Å². The maximum Gasteiger partial charge on any atom is 0.231 e. The van der Waals surface area contributed by atoms with E-state index in [0.717, 1.165) is 22.5 Å². The zero-order chi connectivity index (χ0) is 24.1. The summed E-state index contributed by atoms with van der Waals surface area (Å²) in [6.07, 6.45) is 0. The molecule has 2 amide bonds. The highest BCUT2D eigenvalue weighted by Crippen LogP contribution is 2.23. The monoisotopic (exact) mass is 470 g/mol. The second kappa shape index (κ2) is 10.2. The lowest BCUT2D eigenvalue weighted by Gasteiger charge is -2.19. The van der Waals surface area contributed by atoms with Crippen LogP contribution in [0.1, 0.15) is 41.5 Å². The molecular weight excluding hydrogens is 440 g/mol. The first kappa shape index (κ1) is 25.4. The average molecular weight is 471 g/mol. The first-order chi connectivity index (χ1) is 14.8. The Kier molecular flexibility index (Phi) is 8.09. The van der Waals surface area contributed by atoms with Crippen LogP contribution < -0.4 is 21.3 Å². The number of carbonyl (C=O) groups is 2. The highest BCUT2D eigenvalue weighted by molar-refractivity contribution is 7.80. The molecule has 0 atom stereocenters. The third-order valence-electron chi connectivity index (χ3n) is 4.44. The van der Waals surface area contributed by atoms with E-state index in [2.05, 4.69) is 21.3 Å². The van der Waals surface area contributed by atoms with Crippen molar-refractivity contribution in [3.05, 3.63) is 48.5 Å². The molecule has 32 heavy (non-hydrogen) atoms. The van der Waals surface area contributed by atoms with Crippen molar-refractivity contribution < 1.29 is 9.59 Å². The fourth-order valence-electron chi connectivity index (χ4n) is 2.40. The van der Waals surface area contributed by atoms with E-state index in [0.29, 0.717) is 0 Å². The van der Waals surface area contributed by atoms with Gasteiger partial charge in [0.15, 0.2) is 10.2 Å². The summed E-state index contributed by atoms with van der Waals surface area (Å²) in [4.78, 5) is 24.0. The largest absolute Gasteiger partial charge is 0.332 e. The zero-order valence-electron chi connectivity index (χ0n) is 19.3. The molecule has 170 valence electrons. The Balaban J connectivity index is 1.96. The second-order valence-corrected chi connectivity index (χ2v) is 10.3. The van der Waals surface area contributed by atoms with Crippen molar-refractivity contribution in [1.82, 2.24) is 10.6 Å². The van der Waals surface area contributed by atoms with Crippen LogP contribution in [0.15, 0.2) is 48.5 Å². The lowest BCUT2D eigenvalue weighted by atomic mass is 9.96. The molecule has 2 aromatic rings. The van der Waals surface area contributed by atoms with E-state index >= 15 is 0 Å². The van der Waals surface area contributed by atoms with Crippen LogP contribution in [0, 0.1) is 10.8 Å². The van der Waals surface area contributed by atoms with Gasteiger partial charge in [-0.1, -0.05) is 65.8 Å². The van der Waals surface area contributed by atoms with Crippen LogP contribution >= 0.6 is 24.4 Å². The summed E-state index contributed by atoms with van der Waals surface area (Å²) in [5.41, 5.74) is 2.58. The summed E-state index contributed by atoms with van der Waals surface area (Å²) in [7, 11) is 0. The number of amides is 2. The number of thiocarbonyl (C=S) groups is 2. The molecule has 4 N–H and O–H groups in total. The van der Waals surface area contributed by atoms with Crippen LogP contribution in [0.2, 0.25) is 0 Å². The van der Waals surface area contributed by atoms with E-state index in [-0.39, 0.29) is 22.0 Å². The Labute approximate surface area is 200 Å². The first-order valence-corrected chi connectivity index (χ1v) is 11.0. The zero-order valence-corrected chi connectivity index (χ0v) is 20.9. The van der Waals surface area contributed by atoms with Gasteiger partial charge in [0.25, 0.3) is 0 Å². The van der Waals surface area contributed by atoms with Crippen molar-refractivity contribution in [2.45, 2.75) is 41.5 Å². The second-order valence-electron chi connectivity index (χ2n) is 9.47. The molecule has 0 heterocycles. The lowest BCUT2D eigenvalue weighted by molar-refractivity contribution is -0.127. The topological polar surface area (TPSA) is 82.3 Å². The van der Waals surface area contributed by atoms with Crippen molar-refractivity contribution in [1.29, 1.82) is 0 Å².